The van der Waals surface area contributed by atoms with Gasteiger partial charge in [-0.05, 0) is 79.4 Å². The smallest absolute Gasteiger partial charge is 0.332 e. The van der Waals surface area contributed by atoms with Crippen LogP contribution in [0.5, 0.6) is 5.88 Å². The summed E-state index contributed by atoms with van der Waals surface area (Å²) in [6.45, 7) is 6.17. The summed E-state index contributed by atoms with van der Waals surface area (Å²) in [5, 5.41) is 0.327. The predicted molar refractivity (Wildman–Crippen MR) is 177 cm³/mol. The molecule has 2 unspecified atom stereocenters. The van der Waals surface area contributed by atoms with E-state index in [1.54, 1.807) is 6.20 Å². The molecule has 1 amide bonds. The van der Waals surface area contributed by atoms with E-state index in [0.717, 1.165) is 67.7 Å². The van der Waals surface area contributed by atoms with Gasteiger partial charge in [0.1, 0.15) is 6.10 Å². The number of aromatic nitrogens is 1. The van der Waals surface area contributed by atoms with Gasteiger partial charge in [-0.3, -0.25) is 18.9 Å². The van der Waals surface area contributed by atoms with Gasteiger partial charge in [-0.2, -0.15) is 0 Å². The maximum absolute atomic E-state index is 14.6. The van der Waals surface area contributed by atoms with Gasteiger partial charge in [0.15, 0.2) is 5.78 Å². The van der Waals surface area contributed by atoms with Crippen LogP contribution in [0.2, 0.25) is 0 Å². The quantitative estimate of drug-likeness (QED) is 0.223. The lowest BCUT2D eigenvalue weighted by Gasteiger charge is -2.34. The van der Waals surface area contributed by atoms with Crippen molar-refractivity contribution >= 4 is 36.0 Å². The number of hydrogen-bond donors (Lipinski definition) is 2. The first-order valence-electron chi connectivity index (χ1n) is 17.2. The first kappa shape index (κ1) is 33.8. The van der Waals surface area contributed by atoms with Crippen LogP contribution in [0.15, 0.2) is 43.1 Å². The van der Waals surface area contributed by atoms with Crippen LogP contribution in [0.1, 0.15) is 83.1 Å². The molecule has 2 aromatic rings. The van der Waals surface area contributed by atoms with Gasteiger partial charge in [-0.15, -0.1) is 6.58 Å². The van der Waals surface area contributed by atoms with E-state index in [-0.39, 0.29) is 56.6 Å². The Kier molecular flexibility index (Phi) is 9.94. The van der Waals surface area contributed by atoms with Crippen LogP contribution in [0.3, 0.4) is 0 Å². The lowest BCUT2D eigenvalue weighted by Crippen LogP contribution is -2.47. The Bertz CT molecular complexity index is 1570. The monoisotopic (exact) mass is 666 g/mol. The molecule has 2 aliphatic heterocycles. The van der Waals surface area contributed by atoms with E-state index in [4.69, 9.17) is 9.47 Å². The lowest BCUT2D eigenvalue weighted by atomic mass is 9.77. The van der Waals surface area contributed by atoms with Gasteiger partial charge < -0.3 is 24.2 Å². The minimum atomic E-state index is -4.64. The van der Waals surface area contributed by atoms with Gasteiger partial charge in [0, 0.05) is 24.4 Å². The van der Waals surface area contributed by atoms with Crippen LogP contribution in [0.25, 0.3) is 10.8 Å². The number of fused-ring (bicyclic) bond motifs is 3. The molecule has 11 heteroatoms. The third-order valence-electron chi connectivity index (χ3n) is 11.1. The van der Waals surface area contributed by atoms with Crippen LogP contribution >= 0.6 is 7.60 Å². The number of rotatable bonds is 6. The number of cyclic esters (lactones) is 1. The second kappa shape index (κ2) is 13.8. The van der Waals surface area contributed by atoms with Crippen molar-refractivity contribution in [3.63, 3.8) is 0 Å². The molecular weight excluding hydrogens is 619 g/mol. The first-order valence-corrected chi connectivity index (χ1v) is 18.8. The molecule has 254 valence electrons. The van der Waals surface area contributed by atoms with Gasteiger partial charge in [-0.1, -0.05) is 44.4 Å². The topological polar surface area (TPSA) is 143 Å². The Labute approximate surface area is 276 Å². The number of allylic oxidation sites excluding steroid dienone is 1. The molecule has 4 bridgehead atoms. The molecule has 2 saturated carbocycles. The van der Waals surface area contributed by atoms with E-state index in [9.17, 15) is 28.7 Å². The molecule has 6 atom stereocenters. The number of ether oxygens (including phenoxy) is 2. The van der Waals surface area contributed by atoms with E-state index < -0.39 is 48.5 Å². The maximum atomic E-state index is 14.6. The van der Waals surface area contributed by atoms with Gasteiger partial charge in [0.2, 0.25) is 11.8 Å². The largest absolute Gasteiger partial charge is 0.472 e. The highest BCUT2D eigenvalue weighted by Crippen LogP contribution is 2.71. The molecule has 0 radical (unpaired) electrons. The molecule has 1 saturated heterocycles. The highest BCUT2D eigenvalue weighted by molar-refractivity contribution is 7.54. The number of hydrogen-bond acceptors (Lipinski definition) is 7. The Hall–Kier alpha value is -3.07. The second-order valence-electron chi connectivity index (χ2n) is 14.4. The highest BCUT2D eigenvalue weighted by Gasteiger charge is 2.65. The van der Waals surface area contributed by atoms with Gasteiger partial charge in [0.25, 0.3) is 0 Å². The van der Waals surface area contributed by atoms with Crippen molar-refractivity contribution in [3.8, 4) is 5.88 Å². The molecule has 4 aliphatic rings. The molecule has 3 heterocycles. The van der Waals surface area contributed by atoms with Crippen molar-refractivity contribution in [1.29, 1.82) is 0 Å². The summed E-state index contributed by atoms with van der Waals surface area (Å²) in [5.41, 5.74) is 1.14. The highest BCUT2D eigenvalue weighted by atomic mass is 31.2. The van der Waals surface area contributed by atoms with Crippen LogP contribution in [0.4, 0.5) is 0 Å². The van der Waals surface area contributed by atoms with E-state index in [2.05, 4.69) is 30.6 Å². The third kappa shape index (κ3) is 7.20. The molecule has 1 aromatic heterocycles. The molecule has 47 heavy (non-hydrogen) atoms. The summed E-state index contributed by atoms with van der Waals surface area (Å²) >= 11 is 0. The third-order valence-corrected chi connectivity index (χ3v) is 12.9. The average Bonchev–Trinajstić information content (AvgIpc) is 3.63. The molecule has 3 fully saturated rings. The number of Topliss-reactive ketones (excluding diaryl/α,β-unsaturated/α-hetero) is 1. The summed E-state index contributed by atoms with van der Waals surface area (Å²) in [6, 6.07) is 7.19. The number of benzene rings is 1. The minimum absolute atomic E-state index is 0.0179. The average molecular weight is 667 g/mol. The first-order chi connectivity index (χ1) is 22.5. The van der Waals surface area contributed by atoms with Gasteiger partial charge in [-0.25, -0.2) is 4.98 Å². The van der Waals surface area contributed by atoms with Crippen LogP contribution in [0, 0.1) is 23.7 Å². The van der Waals surface area contributed by atoms with Crippen molar-refractivity contribution in [2.45, 2.75) is 101 Å². The number of aryl methyl sites for hydroxylation is 1. The van der Waals surface area contributed by atoms with Crippen molar-refractivity contribution in [1.82, 2.24) is 9.88 Å². The molecular formula is C36H47N2O8P. The zero-order valence-electron chi connectivity index (χ0n) is 27.2. The Balaban J connectivity index is 1.36. The maximum Gasteiger partial charge on any atom is 0.332 e. The van der Waals surface area contributed by atoms with E-state index in [1.165, 1.54) is 11.0 Å². The Morgan fingerprint density at radius 3 is 2.66 bits per heavy atom. The number of carbonyl (C=O) groups excluding carboxylic acids is 3. The SMILES string of the molecule is C=CC1CC1(CC(=O)[C@@H]1C[C@@H]2CN1C(=O)[C@H](C1CCCCC1)CC(=O)OC[C@@H](C)CCCc1ccc3ccnc(c3c1)O2)P(=O)(O)O. The number of amides is 1. The number of esters is 1. The normalized spacial score (nSPS) is 31.1. The number of nitrogens with zero attached hydrogens (tertiary/aromatic N) is 2. The molecule has 0 spiro atoms. The van der Waals surface area contributed by atoms with Crippen molar-refractivity contribution < 1.29 is 38.2 Å². The molecule has 2 aliphatic carbocycles. The molecule has 1 aromatic carbocycles. The summed E-state index contributed by atoms with van der Waals surface area (Å²) in [7, 11) is -4.64. The van der Waals surface area contributed by atoms with E-state index in [1.807, 2.05) is 12.1 Å². The van der Waals surface area contributed by atoms with E-state index in [0.29, 0.717) is 5.88 Å². The van der Waals surface area contributed by atoms with E-state index >= 15 is 0 Å². The number of carbonyl (C=O) groups is 3. The zero-order valence-corrected chi connectivity index (χ0v) is 28.1. The van der Waals surface area contributed by atoms with Gasteiger partial charge in [0.05, 0.1) is 36.7 Å². The standard InChI is InChI=1S/C36H47N2O8P/c1-3-27-19-36(27,47(42,43)44)20-32(39)31-17-28-21-38(31)35(41)30(25-10-5-4-6-11-25)18-33(40)45-22-23(2)8-7-9-24-12-13-26-14-15-37-34(46-28)29(26)16-24/h3,12-16,23,25,27-28,30-31H,1,4-11,17-22H2,2H3,(H2,42,43,44)/t23-,27?,28+,30-,31-,36?/m0/s1. The summed E-state index contributed by atoms with van der Waals surface area (Å²) in [4.78, 5) is 68.5. The molecule has 6 rings (SSSR count). The Morgan fingerprint density at radius 1 is 1.15 bits per heavy atom. The molecule has 2 N–H and O–H groups in total. The zero-order chi connectivity index (χ0) is 33.3. The summed E-state index contributed by atoms with van der Waals surface area (Å²) < 4.78 is 24.8. The summed E-state index contributed by atoms with van der Waals surface area (Å²) in [6.07, 6.45) is 9.83. The minimum Gasteiger partial charge on any atom is -0.472 e. The van der Waals surface area contributed by atoms with Crippen LogP contribution in [-0.2, 0) is 30.1 Å². The number of pyridine rings is 1. The van der Waals surface area contributed by atoms with Crippen molar-refractivity contribution in [2.75, 3.05) is 13.2 Å². The fraction of sp³-hybridized carbons (Fsp3) is 0.611. The number of ketones is 1. The Morgan fingerprint density at radius 2 is 1.94 bits per heavy atom. The van der Waals surface area contributed by atoms with Crippen LogP contribution in [-0.4, -0.2) is 67.8 Å². The van der Waals surface area contributed by atoms with Crippen LogP contribution < -0.4 is 4.74 Å². The van der Waals surface area contributed by atoms with Crippen molar-refractivity contribution in [2.24, 2.45) is 23.7 Å². The summed E-state index contributed by atoms with van der Waals surface area (Å²) in [5.74, 6) is -1.67. The van der Waals surface area contributed by atoms with Gasteiger partial charge >= 0.3 is 13.6 Å². The second-order valence-corrected chi connectivity index (χ2v) is 16.4. The lowest BCUT2D eigenvalue weighted by molar-refractivity contribution is -0.152. The molecule has 10 nitrogen and oxygen atoms in total. The fourth-order valence-electron chi connectivity index (χ4n) is 8.13. The predicted octanol–water partition coefficient (Wildman–Crippen LogP) is 5.77. The van der Waals surface area contributed by atoms with Crippen molar-refractivity contribution in [3.05, 3.63) is 48.7 Å². The fourth-order valence-corrected chi connectivity index (χ4v) is 9.46.